The summed E-state index contributed by atoms with van der Waals surface area (Å²) in [4.78, 5) is 14.1. The molecular formula is C17H25NO3. The molecule has 4 nitrogen and oxygen atoms in total. The molecule has 1 aromatic carbocycles. The molecule has 0 aromatic heterocycles. The fraction of sp³-hybridized carbons (Fsp3) is 0.588. The molecule has 2 rings (SSSR count). The molecule has 1 heterocycles. The van der Waals surface area contributed by atoms with Gasteiger partial charge >= 0.3 is 0 Å². The Balaban J connectivity index is 1.72. The first kappa shape index (κ1) is 15.8. The van der Waals surface area contributed by atoms with Crippen molar-refractivity contribution in [1.82, 2.24) is 4.90 Å². The van der Waals surface area contributed by atoms with Crippen LogP contribution in [-0.2, 0) is 16.0 Å². The lowest BCUT2D eigenvalue weighted by atomic mass is 10.1. The van der Waals surface area contributed by atoms with Gasteiger partial charge in [0.15, 0.2) is 0 Å². The zero-order chi connectivity index (χ0) is 15.1. The van der Waals surface area contributed by atoms with E-state index in [0.717, 1.165) is 44.6 Å². The molecule has 4 heteroatoms. The summed E-state index contributed by atoms with van der Waals surface area (Å²) in [6.07, 6.45) is 4.34. The van der Waals surface area contributed by atoms with Crippen molar-refractivity contribution in [2.75, 3.05) is 27.4 Å². The number of rotatable bonds is 6. The number of amides is 1. The quantitative estimate of drug-likeness (QED) is 0.809. The molecule has 1 saturated heterocycles. The predicted octanol–water partition coefficient (Wildman–Crippen LogP) is 2.66. The van der Waals surface area contributed by atoms with E-state index in [1.807, 2.05) is 24.1 Å². The number of carbonyl (C=O) groups excluding carboxylic acids is 1. The molecule has 21 heavy (non-hydrogen) atoms. The summed E-state index contributed by atoms with van der Waals surface area (Å²) in [6, 6.07) is 8.40. The van der Waals surface area contributed by atoms with Crippen molar-refractivity contribution in [2.45, 2.75) is 38.1 Å². The number of ether oxygens (including phenoxy) is 2. The Morgan fingerprint density at radius 3 is 2.57 bits per heavy atom. The second-order valence-corrected chi connectivity index (χ2v) is 5.55. The van der Waals surface area contributed by atoms with Crippen molar-refractivity contribution >= 4 is 5.91 Å². The summed E-state index contributed by atoms with van der Waals surface area (Å²) in [5.74, 6) is 1.12. The second-order valence-electron chi connectivity index (χ2n) is 5.55. The Morgan fingerprint density at radius 2 is 1.95 bits per heavy atom. The van der Waals surface area contributed by atoms with Crippen LogP contribution in [0.15, 0.2) is 24.3 Å². The van der Waals surface area contributed by atoms with Crippen molar-refractivity contribution in [3.05, 3.63) is 29.8 Å². The minimum atomic E-state index is 0.246. The molecule has 1 aliphatic heterocycles. The smallest absolute Gasteiger partial charge is 0.222 e. The molecule has 1 aliphatic rings. The summed E-state index contributed by atoms with van der Waals surface area (Å²) < 4.78 is 10.5. The van der Waals surface area contributed by atoms with Gasteiger partial charge in [0.25, 0.3) is 0 Å². The molecule has 0 bridgehead atoms. The SMILES string of the molecule is COc1ccc(CCCC(=O)N(C)C2CCOCC2)cc1. The second kappa shape index (κ2) is 8.03. The third-order valence-corrected chi connectivity index (χ3v) is 4.15. The maximum Gasteiger partial charge on any atom is 0.222 e. The van der Waals surface area contributed by atoms with E-state index in [-0.39, 0.29) is 5.91 Å². The van der Waals surface area contributed by atoms with Crippen LogP contribution in [0.5, 0.6) is 5.75 Å². The van der Waals surface area contributed by atoms with Crippen LogP contribution >= 0.6 is 0 Å². The number of aryl methyl sites for hydroxylation is 1. The van der Waals surface area contributed by atoms with Gasteiger partial charge in [0, 0.05) is 32.7 Å². The van der Waals surface area contributed by atoms with Gasteiger partial charge in [0.2, 0.25) is 5.91 Å². The molecule has 1 amide bonds. The van der Waals surface area contributed by atoms with E-state index in [0.29, 0.717) is 12.5 Å². The first-order chi connectivity index (χ1) is 10.2. The molecule has 0 atom stereocenters. The summed E-state index contributed by atoms with van der Waals surface area (Å²) in [5.41, 5.74) is 1.25. The van der Waals surface area contributed by atoms with Crippen LogP contribution in [0.1, 0.15) is 31.2 Å². The fourth-order valence-electron chi connectivity index (χ4n) is 2.69. The van der Waals surface area contributed by atoms with Crippen molar-refractivity contribution in [1.29, 1.82) is 0 Å². The number of methoxy groups -OCH3 is 1. The molecule has 116 valence electrons. The molecular weight excluding hydrogens is 266 g/mol. The van der Waals surface area contributed by atoms with Gasteiger partial charge in [0.05, 0.1) is 7.11 Å². The first-order valence-electron chi connectivity index (χ1n) is 7.67. The van der Waals surface area contributed by atoms with Crippen LogP contribution in [0.4, 0.5) is 0 Å². The van der Waals surface area contributed by atoms with E-state index in [4.69, 9.17) is 9.47 Å². The minimum Gasteiger partial charge on any atom is -0.497 e. The van der Waals surface area contributed by atoms with Gasteiger partial charge in [0.1, 0.15) is 5.75 Å². The Labute approximate surface area is 127 Å². The average molecular weight is 291 g/mol. The van der Waals surface area contributed by atoms with Crippen LogP contribution in [0.3, 0.4) is 0 Å². The average Bonchev–Trinajstić information content (AvgIpc) is 2.55. The Morgan fingerprint density at radius 1 is 1.29 bits per heavy atom. The van der Waals surface area contributed by atoms with Crippen LogP contribution in [0.2, 0.25) is 0 Å². The number of carbonyl (C=O) groups is 1. The van der Waals surface area contributed by atoms with Crippen LogP contribution in [-0.4, -0.2) is 44.2 Å². The standard InChI is InChI=1S/C17H25NO3/c1-18(15-10-12-21-13-11-15)17(19)5-3-4-14-6-8-16(20-2)9-7-14/h6-9,15H,3-5,10-13H2,1-2H3. The molecule has 0 spiro atoms. The van der Waals surface area contributed by atoms with E-state index in [1.54, 1.807) is 7.11 Å². The number of nitrogens with zero attached hydrogens (tertiary/aromatic N) is 1. The van der Waals surface area contributed by atoms with Gasteiger partial charge in [-0.05, 0) is 43.4 Å². The Kier molecular flexibility index (Phi) is 6.05. The van der Waals surface area contributed by atoms with Crippen molar-refractivity contribution in [2.24, 2.45) is 0 Å². The molecule has 0 N–H and O–H groups in total. The Bertz CT molecular complexity index is 438. The van der Waals surface area contributed by atoms with Crippen LogP contribution in [0, 0.1) is 0 Å². The van der Waals surface area contributed by atoms with E-state index >= 15 is 0 Å². The van der Waals surface area contributed by atoms with Crippen molar-refractivity contribution < 1.29 is 14.3 Å². The monoisotopic (exact) mass is 291 g/mol. The lowest BCUT2D eigenvalue weighted by molar-refractivity contribution is -0.133. The highest BCUT2D eigenvalue weighted by Gasteiger charge is 2.21. The van der Waals surface area contributed by atoms with Crippen LogP contribution in [0.25, 0.3) is 0 Å². The van der Waals surface area contributed by atoms with E-state index in [1.165, 1.54) is 5.56 Å². The molecule has 1 fully saturated rings. The van der Waals surface area contributed by atoms with Crippen molar-refractivity contribution in [3.63, 3.8) is 0 Å². The number of benzene rings is 1. The molecule has 0 saturated carbocycles. The van der Waals surface area contributed by atoms with Gasteiger partial charge in [-0.15, -0.1) is 0 Å². The normalized spacial score (nSPS) is 15.7. The first-order valence-corrected chi connectivity index (χ1v) is 7.67. The molecule has 0 unspecified atom stereocenters. The van der Waals surface area contributed by atoms with E-state index < -0.39 is 0 Å². The highest BCUT2D eigenvalue weighted by molar-refractivity contribution is 5.76. The summed E-state index contributed by atoms with van der Waals surface area (Å²) in [5, 5.41) is 0. The fourth-order valence-corrected chi connectivity index (χ4v) is 2.69. The van der Waals surface area contributed by atoms with Crippen molar-refractivity contribution in [3.8, 4) is 5.75 Å². The summed E-state index contributed by atoms with van der Waals surface area (Å²) >= 11 is 0. The van der Waals surface area contributed by atoms with Gasteiger partial charge in [-0.1, -0.05) is 12.1 Å². The molecule has 0 radical (unpaired) electrons. The molecule has 0 aliphatic carbocycles. The third kappa shape index (κ3) is 4.74. The van der Waals surface area contributed by atoms with E-state index in [9.17, 15) is 4.79 Å². The van der Waals surface area contributed by atoms with Gasteiger partial charge in [-0.2, -0.15) is 0 Å². The highest BCUT2D eigenvalue weighted by Crippen LogP contribution is 2.16. The van der Waals surface area contributed by atoms with E-state index in [2.05, 4.69) is 12.1 Å². The number of hydrogen-bond acceptors (Lipinski definition) is 3. The zero-order valence-electron chi connectivity index (χ0n) is 13.0. The maximum atomic E-state index is 12.2. The van der Waals surface area contributed by atoms with Crippen LogP contribution < -0.4 is 4.74 Å². The maximum absolute atomic E-state index is 12.2. The molecule has 1 aromatic rings. The predicted molar refractivity (Wildman–Crippen MR) is 82.5 cm³/mol. The van der Waals surface area contributed by atoms with Gasteiger partial charge < -0.3 is 14.4 Å². The zero-order valence-corrected chi connectivity index (χ0v) is 13.0. The van der Waals surface area contributed by atoms with Gasteiger partial charge in [-0.3, -0.25) is 4.79 Å². The Hall–Kier alpha value is -1.55. The third-order valence-electron chi connectivity index (χ3n) is 4.15. The lowest BCUT2D eigenvalue weighted by Gasteiger charge is -2.31. The largest absolute Gasteiger partial charge is 0.497 e. The summed E-state index contributed by atoms with van der Waals surface area (Å²) in [6.45, 7) is 1.54. The summed E-state index contributed by atoms with van der Waals surface area (Å²) in [7, 11) is 3.59. The highest BCUT2D eigenvalue weighted by atomic mass is 16.5. The lowest BCUT2D eigenvalue weighted by Crippen LogP contribution is -2.40. The minimum absolute atomic E-state index is 0.246. The van der Waals surface area contributed by atoms with Gasteiger partial charge in [-0.25, -0.2) is 0 Å². The number of hydrogen-bond donors (Lipinski definition) is 0. The topological polar surface area (TPSA) is 38.8 Å².